The van der Waals surface area contributed by atoms with Gasteiger partial charge in [-0.2, -0.15) is 0 Å². The van der Waals surface area contributed by atoms with Crippen molar-refractivity contribution in [3.05, 3.63) is 72.8 Å². The summed E-state index contributed by atoms with van der Waals surface area (Å²) < 4.78 is 117. The Morgan fingerprint density at radius 2 is 1.30 bits per heavy atom. The highest BCUT2D eigenvalue weighted by atomic mass is 16.3. The van der Waals surface area contributed by atoms with Crippen LogP contribution in [0.2, 0.25) is 0 Å². The molecule has 0 aromatic heterocycles. The van der Waals surface area contributed by atoms with Crippen LogP contribution in [0.25, 0.3) is 0 Å². The van der Waals surface area contributed by atoms with Crippen LogP contribution in [-0.2, 0) is 0 Å². The molecule has 0 amide bonds. The van der Waals surface area contributed by atoms with Gasteiger partial charge in [-0.1, -0.05) is 86.6 Å². The van der Waals surface area contributed by atoms with Crippen molar-refractivity contribution in [1.29, 1.82) is 0 Å². The number of aliphatic hydroxyl groups is 2. The molecule has 0 saturated carbocycles. The zero-order valence-corrected chi connectivity index (χ0v) is 20.0. The Bertz CT molecular complexity index is 1300. The number of hydrogen-bond acceptors (Lipinski definition) is 2. The van der Waals surface area contributed by atoms with Crippen LogP contribution in [-0.4, -0.2) is 21.4 Å². The van der Waals surface area contributed by atoms with Crippen molar-refractivity contribution in [3.8, 4) is 0 Å². The summed E-state index contributed by atoms with van der Waals surface area (Å²) >= 11 is 0. The molecule has 3 aliphatic rings. The fourth-order valence-electron chi connectivity index (χ4n) is 3.64. The van der Waals surface area contributed by atoms with E-state index >= 15 is 0 Å². The van der Waals surface area contributed by atoms with Gasteiger partial charge in [0, 0.05) is 16.4 Å². The Labute approximate surface area is 227 Å². The number of allylic oxidation sites excluding steroid dienone is 7. The van der Waals surface area contributed by atoms with E-state index in [1.54, 1.807) is 39.0 Å². The summed E-state index contributed by atoms with van der Waals surface area (Å²) in [5.41, 5.74) is -2.85. The lowest BCUT2D eigenvalue weighted by Gasteiger charge is -2.28. The molecule has 0 heterocycles. The second kappa shape index (κ2) is 12.2. The van der Waals surface area contributed by atoms with Crippen LogP contribution in [0.5, 0.6) is 0 Å². The predicted molar refractivity (Wildman–Crippen MR) is 145 cm³/mol. The SMILES string of the molecule is [2H]C([2H])([2H])C(=C)C1C=CC(O)(C([2H])([2H])[2H])CC1.[2H]C([2H])=C(C)C1C=CC(C)(C([2H])([2H])[2H])CC1.[2H]C([2H])=C(C1C=CC(C)(O)CC1)C([2H])([2H])[2H]. The van der Waals surface area contributed by atoms with E-state index in [0.29, 0.717) is 31.3 Å². The van der Waals surface area contributed by atoms with Crippen LogP contribution in [0.15, 0.2) is 72.8 Å². The molecule has 0 radical (unpaired) electrons. The van der Waals surface area contributed by atoms with Crippen LogP contribution in [0.1, 0.15) is 109 Å². The maximum absolute atomic E-state index is 9.89. The molecule has 0 aliphatic heterocycles. The van der Waals surface area contributed by atoms with Gasteiger partial charge in [-0.25, -0.2) is 0 Å². The third-order valence-electron chi connectivity index (χ3n) is 6.14. The van der Waals surface area contributed by atoms with E-state index in [1.807, 2.05) is 6.08 Å². The minimum atomic E-state index is -2.49. The van der Waals surface area contributed by atoms with Crippen molar-refractivity contribution >= 4 is 0 Å². The molecule has 2 nitrogen and oxygen atoms in total. The van der Waals surface area contributed by atoms with Gasteiger partial charge in [-0.15, -0.1) is 0 Å². The van der Waals surface area contributed by atoms with E-state index in [9.17, 15) is 10.2 Å². The maximum atomic E-state index is 9.89. The molecule has 2 heteroatoms. The number of hydrogen-bond donors (Lipinski definition) is 2. The Morgan fingerprint density at radius 1 is 0.788 bits per heavy atom. The molecule has 3 rings (SSSR count). The van der Waals surface area contributed by atoms with E-state index in [1.165, 1.54) is 12.2 Å². The van der Waals surface area contributed by atoms with Gasteiger partial charge in [0.15, 0.2) is 0 Å². The summed E-state index contributed by atoms with van der Waals surface area (Å²) in [4.78, 5) is 0. The van der Waals surface area contributed by atoms with Crippen LogP contribution >= 0.6 is 0 Å². The molecular formula is C31H50O2. The average molecular weight is 471 g/mol. The van der Waals surface area contributed by atoms with Gasteiger partial charge >= 0.3 is 0 Å². The fraction of sp³-hybridized carbons (Fsp3) is 0.613. The Kier molecular flexibility index (Phi) is 4.76. The zero-order chi connectivity index (χ0) is 38.6. The fourth-order valence-corrected chi connectivity index (χ4v) is 3.64. The molecule has 2 N–H and O–H groups in total. The summed E-state index contributed by atoms with van der Waals surface area (Å²) in [6.45, 7) is -1.23. The Morgan fingerprint density at radius 3 is 1.73 bits per heavy atom. The molecular weight excluding hydrogens is 404 g/mol. The predicted octanol–water partition coefficient (Wildman–Crippen LogP) is 8.11. The van der Waals surface area contributed by atoms with Crippen molar-refractivity contribution in [2.75, 3.05) is 0 Å². The molecule has 6 unspecified atom stereocenters. The molecule has 0 fully saturated rings. The largest absolute Gasteiger partial charge is 0.386 e. The highest BCUT2D eigenvalue weighted by molar-refractivity contribution is 5.16. The minimum Gasteiger partial charge on any atom is -0.386 e. The zero-order valence-electron chi connectivity index (χ0n) is 36.0. The molecule has 0 aromatic rings. The van der Waals surface area contributed by atoms with E-state index in [2.05, 4.69) is 6.58 Å². The number of rotatable bonds is 3. The first-order chi connectivity index (χ1) is 21.8. The first-order valence-electron chi connectivity index (χ1n) is 19.3. The monoisotopic (exact) mass is 470 g/mol. The molecule has 33 heavy (non-hydrogen) atoms. The van der Waals surface area contributed by atoms with Gasteiger partial charge in [0.05, 0.1) is 16.7 Å². The van der Waals surface area contributed by atoms with E-state index < -0.39 is 62.4 Å². The van der Waals surface area contributed by atoms with Gasteiger partial charge < -0.3 is 10.2 Å². The molecule has 0 spiro atoms. The van der Waals surface area contributed by atoms with Crippen molar-refractivity contribution in [3.63, 3.8) is 0 Å². The third kappa shape index (κ3) is 11.4. The third-order valence-corrected chi connectivity index (χ3v) is 6.14. The minimum absolute atomic E-state index is 0.0137. The highest BCUT2D eigenvalue weighted by Gasteiger charge is 2.24. The quantitative estimate of drug-likeness (QED) is 0.409. The van der Waals surface area contributed by atoms with Crippen LogP contribution in [0, 0.1) is 23.2 Å². The molecule has 0 aromatic carbocycles. The molecule has 6 atom stereocenters. The molecule has 0 saturated heterocycles. The van der Waals surface area contributed by atoms with Gasteiger partial charge in [0.1, 0.15) is 0 Å². The van der Waals surface area contributed by atoms with Gasteiger partial charge in [-0.05, 0) is 96.1 Å². The van der Waals surface area contributed by atoms with E-state index in [0.717, 1.165) is 0 Å². The molecule has 186 valence electrons. The van der Waals surface area contributed by atoms with Crippen molar-refractivity contribution < 1.29 is 32.1 Å². The topological polar surface area (TPSA) is 40.5 Å². The van der Waals surface area contributed by atoms with E-state index in [-0.39, 0.29) is 36.4 Å². The summed E-state index contributed by atoms with van der Waals surface area (Å²) in [5.74, 6) is -0.775. The standard InChI is InChI=1S/C11H18.2C10H16O/c1-9(2)10-5-7-11(3,4)8-6-10;2*1-8(2)9-4-6-10(3,11)7-5-9/h5,7,10H,1,6,8H2,2-4H3;2*4,6,9,11H,1,5,7H2,2-3H3/i1D2,3D3;2D3,3D3;1D2,2D3. The van der Waals surface area contributed by atoms with Crippen molar-refractivity contribution in [2.24, 2.45) is 23.2 Å². The normalized spacial score (nSPS) is 45.5. The lowest BCUT2D eigenvalue weighted by molar-refractivity contribution is 0.0898. The summed E-state index contributed by atoms with van der Waals surface area (Å²) in [6, 6.07) is 0. The molecule has 0 bridgehead atoms. The lowest BCUT2D eigenvalue weighted by atomic mass is 9.77. The van der Waals surface area contributed by atoms with Crippen LogP contribution in [0.4, 0.5) is 0 Å². The Balaban J connectivity index is 0.000000368. The van der Waals surface area contributed by atoms with Gasteiger partial charge in [0.25, 0.3) is 0 Å². The smallest absolute Gasteiger partial charge is 0.0800 e. The average Bonchev–Trinajstić information content (AvgIpc) is 2.92. The summed E-state index contributed by atoms with van der Waals surface area (Å²) in [5, 5.41) is 19.6. The first-order valence-corrected chi connectivity index (χ1v) is 11.3. The maximum Gasteiger partial charge on any atom is 0.0800 e. The second-order valence-corrected chi connectivity index (χ2v) is 9.83. The highest BCUT2D eigenvalue weighted by Crippen LogP contribution is 2.34. The first kappa shape index (κ1) is 12.9. The van der Waals surface area contributed by atoms with E-state index in [4.69, 9.17) is 21.9 Å². The van der Waals surface area contributed by atoms with Crippen molar-refractivity contribution in [2.45, 2.75) is 97.9 Å². The van der Waals surface area contributed by atoms with Crippen LogP contribution < -0.4 is 0 Å². The lowest BCUT2D eigenvalue weighted by Crippen LogP contribution is -2.25. The van der Waals surface area contributed by atoms with Gasteiger partial charge in [-0.3, -0.25) is 0 Å². The van der Waals surface area contributed by atoms with Gasteiger partial charge in [0.2, 0.25) is 0 Å². The van der Waals surface area contributed by atoms with Crippen LogP contribution in [0.3, 0.4) is 0 Å². The summed E-state index contributed by atoms with van der Waals surface area (Å²) in [7, 11) is 0. The second-order valence-electron chi connectivity index (χ2n) is 9.83. The Hall–Kier alpha value is -1.64. The molecule has 3 aliphatic carbocycles. The summed E-state index contributed by atoms with van der Waals surface area (Å²) in [6.07, 6.45) is 11.8. The van der Waals surface area contributed by atoms with Crippen molar-refractivity contribution in [1.82, 2.24) is 0 Å².